The van der Waals surface area contributed by atoms with Crippen LogP contribution in [0.3, 0.4) is 0 Å². The van der Waals surface area contributed by atoms with Crippen molar-refractivity contribution >= 4 is 46.6 Å². The third-order valence-corrected chi connectivity index (χ3v) is 5.30. The highest BCUT2D eigenvalue weighted by Gasteiger charge is 2.12. The van der Waals surface area contributed by atoms with Crippen molar-refractivity contribution in [3.05, 3.63) is 68.6 Å². The van der Waals surface area contributed by atoms with Gasteiger partial charge in [-0.25, -0.2) is 0 Å². The van der Waals surface area contributed by atoms with Crippen LogP contribution < -0.4 is 9.47 Å². The van der Waals surface area contributed by atoms with Gasteiger partial charge < -0.3 is 9.47 Å². The van der Waals surface area contributed by atoms with Gasteiger partial charge in [0.2, 0.25) is 0 Å². The Morgan fingerprint density at radius 1 is 1.12 bits per heavy atom. The minimum atomic E-state index is 0.217. The molecule has 0 fully saturated rings. The SMILES string of the molecule is COc1cc(C=Nc2ccc(C)cc2)ccc1OCc1nsc(Cl)c1Cl. The summed E-state index contributed by atoms with van der Waals surface area (Å²) in [5.74, 6) is 1.20. The molecule has 0 aliphatic carbocycles. The van der Waals surface area contributed by atoms with Crippen molar-refractivity contribution in [2.24, 2.45) is 4.99 Å². The van der Waals surface area contributed by atoms with Crippen molar-refractivity contribution in [2.75, 3.05) is 7.11 Å². The van der Waals surface area contributed by atoms with Crippen LogP contribution in [0.25, 0.3) is 0 Å². The molecule has 7 heteroatoms. The number of benzene rings is 2. The summed E-state index contributed by atoms with van der Waals surface area (Å²) >= 11 is 13.1. The summed E-state index contributed by atoms with van der Waals surface area (Å²) in [6, 6.07) is 13.6. The van der Waals surface area contributed by atoms with Crippen molar-refractivity contribution < 1.29 is 9.47 Å². The number of halogens is 2. The summed E-state index contributed by atoms with van der Waals surface area (Å²) in [4.78, 5) is 4.47. The highest BCUT2D eigenvalue weighted by molar-refractivity contribution is 7.11. The van der Waals surface area contributed by atoms with Crippen molar-refractivity contribution in [2.45, 2.75) is 13.5 Å². The molecule has 4 nitrogen and oxygen atoms in total. The van der Waals surface area contributed by atoms with E-state index in [0.29, 0.717) is 26.6 Å². The van der Waals surface area contributed by atoms with Crippen molar-refractivity contribution in [1.29, 1.82) is 0 Å². The van der Waals surface area contributed by atoms with Crippen LogP contribution in [-0.4, -0.2) is 17.7 Å². The molecule has 1 heterocycles. The molecule has 0 aliphatic heterocycles. The molecule has 0 N–H and O–H groups in total. The van der Waals surface area contributed by atoms with E-state index >= 15 is 0 Å². The number of rotatable bonds is 6. The number of hydrogen-bond donors (Lipinski definition) is 0. The molecule has 0 amide bonds. The first-order valence-electron chi connectivity index (χ1n) is 7.78. The van der Waals surface area contributed by atoms with Gasteiger partial charge in [-0.05, 0) is 54.4 Å². The van der Waals surface area contributed by atoms with Gasteiger partial charge in [0.15, 0.2) is 11.5 Å². The largest absolute Gasteiger partial charge is 0.493 e. The van der Waals surface area contributed by atoms with Crippen molar-refractivity contribution in [3.63, 3.8) is 0 Å². The molecule has 0 atom stereocenters. The molecule has 0 saturated heterocycles. The van der Waals surface area contributed by atoms with E-state index in [0.717, 1.165) is 22.8 Å². The van der Waals surface area contributed by atoms with Gasteiger partial charge in [-0.15, -0.1) is 0 Å². The van der Waals surface area contributed by atoms with Crippen LogP contribution in [0.4, 0.5) is 5.69 Å². The quantitative estimate of drug-likeness (QED) is 0.464. The van der Waals surface area contributed by atoms with Crippen LogP contribution >= 0.6 is 34.7 Å². The van der Waals surface area contributed by atoms with E-state index in [-0.39, 0.29) is 6.61 Å². The molecule has 0 aliphatic rings. The molecule has 0 spiro atoms. The number of hydrogen-bond acceptors (Lipinski definition) is 5. The molecule has 134 valence electrons. The first kappa shape index (κ1) is 18.7. The first-order valence-corrected chi connectivity index (χ1v) is 9.31. The first-order chi connectivity index (χ1) is 12.6. The summed E-state index contributed by atoms with van der Waals surface area (Å²) in [5, 5.41) is 0.428. The maximum atomic E-state index is 6.07. The van der Waals surface area contributed by atoms with Gasteiger partial charge in [0, 0.05) is 6.21 Å². The zero-order chi connectivity index (χ0) is 18.5. The molecule has 0 radical (unpaired) electrons. The second kappa shape index (κ2) is 8.54. The third kappa shape index (κ3) is 4.55. The molecular weight excluding hydrogens is 391 g/mol. The van der Waals surface area contributed by atoms with Gasteiger partial charge in [-0.3, -0.25) is 4.99 Å². The zero-order valence-corrected chi connectivity index (χ0v) is 16.5. The van der Waals surface area contributed by atoms with E-state index in [4.69, 9.17) is 32.7 Å². The zero-order valence-electron chi connectivity index (χ0n) is 14.2. The Balaban J connectivity index is 1.72. The predicted octanol–water partition coefficient (Wildman–Crippen LogP) is 6.10. The van der Waals surface area contributed by atoms with Crippen LogP contribution in [0.5, 0.6) is 11.5 Å². The van der Waals surface area contributed by atoms with E-state index in [2.05, 4.69) is 9.37 Å². The topological polar surface area (TPSA) is 43.7 Å². The lowest BCUT2D eigenvalue weighted by Gasteiger charge is -2.10. The van der Waals surface area contributed by atoms with Crippen LogP contribution in [0.1, 0.15) is 16.8 Å². The summed E-state index contributed by atoms with van der Waals surface area (Å²) < 4.78 is 15.8. The van der Waals surface area contributed by atoms with Crippen molar-refractivity contribution in [3.8, 4) is 11.5 Å². The lowest BCUT2D eigenvalue weighted by molar-refractivity contribution is 0.282. The number of aromatic nitrogens is 1. The molecule has 1 aromatic heterocycles. The summed E-state index contributed by atoms with van der Waals surface area (Å²) in [6.07, 6.45) is 1.79. The maximum Gasteiger partial charge on any atom is 0.161 e. The van der Waals surface area contributed by atoms with Gasteiger partial charge >= 0.3 is 0 Å². The maximum absolute atomic E-state index is 6.07. The van der Waals surface area contributed by atoms with Gasteiger partial charge in [0.05, 0.1) is 17.8 Å². The minimum Gasteiger partial charge on any atom is -0.493 e. The second-order valence-electron chi connectivity index (χ2n) is 5.51. The number of nitrogens with zero attached hydrogens (tertiary/aromatic N) is 2. The average Bonchev–Trinajstić information content (AvgIpc) is 2.98. The van der Waals surface area contributed by atoms with Gasteiger partial charge in [0.1, 0.15) is 16.6 Å². The highest BCUT2D eigenvalue weighted by atomic mass is 35.5. The number of aryl methyl sites for hydroxylation is 1. The third-order valence-electron chi connectivity index (χ3n) is 3.61. The Morgan fingerprint density at radius 2 is 1.88 bits per heavy atom. The minimum absolute atomic E-state index is 0.217. The Labute approximate surface area is 166 Å². The Bertz CT molecular complexity index is 924. The van der Waals surface area contributed by atoms with Gasteiger partial charge in [-0.2, -0.15) is 4.37 Å². The number of methoxy groups -OCH3 is 1. The lowest BCUT2D eigenvalue weighted by Crippen LogP contribution is -1.99. The Hall–Kier alpha value is -2.08. The molecule has 0 bridgehead atoms. The Morgan fingerprint density at radius 3 is 2.54 bits per heavy atom. The fourth-order valence-corrected chi connectivity index (χ4v) is 3.18. The standard InChI is InChI=1S/C19H16Cl2N2O2S/c1-12-3-6-14(7-4-12)22-10-13-5-8-16(17(9-13)24-2)25-11-15-18(20)19(21)26-23-15/h3-10H,11H2,1-2H3. The molecule has 26 heavy (non-hydrogen) atoms. The highest BCUT2D eigenvalue weighted by Crippen LogP contribution is 2.32. The van der Waals surface area contributed by atoms with Crippen LogP contribution in [-0.2, 0) is 6.61 Å². The lowest BCUT2D eigenvalue weighted by atomic mass is 10.2. The number of aliphatic imine (C=N–C) groups is 1. The molecule has 0 saturated carbocycles. The van der Waals surface area contributed by atoms with Crippen LogP contribution in [0.2, 0.25) is 9.36 Å². The average molecular weight is 407 g/mol. The van der Waals surface area contributed by atoms with E-state index in [9.17, 15) is 0 Å². The van der Waals surface area contributed by atoms with Crippen LogP contribution in [0, 0.1) is 6.92 Å². The van der Waals surface area contributed by atoms with Gasteiger partial charge in [-0.1, -0.05) is 40.9 Å². The van der Waals surface area contributed by atoms with E-state index in [1.54, 1.807) is 13.3 Å². The molecular formula is C19H16Cl2N2O2S. The van der Waals surface area contributed by atoms with E-state index < -0.39 is 0 Å². The Kier molecular flexibility index (Phi) is 6.14. The molecule has 2 aromatic carbocycles. The van der Waals surface area contributed by atoms with E-state index in [1.807, 2.05) is 49.4 Å². The summed E-state index contributed by atoms with van der Waals surface area (Å²) in [7, 11) is 1.59. The molecule has 0 unspecified atom stereocenters. The van der Waals surface area contributed by atoms with Gasteiger partial charge in [0.25, 0.3) is 0 Å². The fourth-order valence-electron chi connectivity index (χ4n) is 2.19. The normalized spacial score (nSPS) is 11.1. The van der Waals surface area contributed by atoms with Crippen molar-refractivity contribution in [1.82, 2.24) is 4.37 Å². The predicted molar refractivity (Wildman–Crippen MR) is 108 cm³/mol. The monoisotopic (exact) mass is 406 g/mol. The molecule has 3 aromatic rings. The van der Waals surface area contributed by atoms with Crippen LogP contribution in [0.15, 0.2) is 47.5 Å². The summed E-state index contributed by atoms with van der Waals surface area (Å²) in [6.45, 7) is 2.26. The fraction of sp³-hybridized carbons (Fsp3) is 0.158. The summed E-state index contributed by atoms with van der Waals surface area (Å²) in [5.41, 5.74) is 3.61. The smallest absolute Gasteiger partial charge is 0.161 e. The molecule has 3 rings (SSSR count). The number of ether oxygens (including phenoxy) is 2. The second-order valence-corrected chi connectivity index (χ2v) is 7.26. The van der Waals surface area contributed by atoms with E-state index in [1.165, 1.54) is 5.56 Å².